The van der Waals surface area contributed by atoms with Gasteiger partial charge in [0, 0.05) is 25.5 Å². The second-order valence-corrected chi connectivity index (χ2v) is 7.37. The van der Waals surface area contributed by atoms with Crippen LogP contribution in [0.1, 0.15) is 18.5 Å². The number of piperidine rings is 1. The first-order valence-electron chi connectivity index (χ1n) is 7.13. The Bertz CT molecular complexity index is 634. The van der Waals surface area contributed by atoms with Crippen molar-refractivity contribution in [2.75, 3.05) is 31.6 Å². The minimum absolute atomic E-state index is 0.196. The highest BCUT2D eigenvalue weighted by Gasteiger charge is 2.25. The van der Waals surface area contributed by atoms with Gasteiger partial charge in [0.2, 0.25) is 15.9 Å². The number of likely N-dealkylation sites (tertiary alicyclic amines) is 1. The summed E-state index contributed by atoms with van der Waals surface area (Å²) in [7, 11) is -3.36. The molecular weight excluding hydrogens is 306 g/mol. The third-order valence-electron chi connectivity index (χ3n) is 3.65. The van der Waals surface area contributed by atoms with E-state index in [1.165, 1.54) is 0 Å². The Kier molecular flexibility index (Phi) is 5.30. The van der Waals surface area contributed by atoms with Crippen molar-refractivity contribution in [1.29, 1.82) is 0 Å². The van der Waals surface area contributed by atoms with E-state index in [1.807, 2.05) is 0 Å². The summed E-state index contributed by atoms with van der Waals surface area (Å²) in [4.78, 5) is 22.0. The fourth-order valence-corrected chi connectivity index (χ4v) is 2.96. The predicted octanol–water partition coefficient (Wildman–Crippen LogP) is -0.611. The number of aromatic nitrogens is 2. The van der Waals surface area contributed by atoms with E-state index >= 15 is 0 Å². The molecule has 0 radical (unpaired) electrons. The molecular formula is C13H21N5O3S. The van der Waals surface area contributed by atoms with Gasteiger partial charge in [-0.2, -0.15) is 0 Å². The summed E-state index contributed by atoms with van der Waals surface area (Å²) in [5, 5.41) is 0. The zero-order chi connectivity index (χ0) is 16.2. The largest absolute Gasteiger partial charge is 0.382 e. The number of nitrogens with two attached hydrogens (primary N) is 1. The number of nitrogens with zero attached hydrogens (tertiary/aromatic N) is 3. The van der Waals surface area contributed by atoms with E-state index in [1.54, 1.807) is 17.3 Å². The van der Waals surface area contributed by atoms with E-state index in [2.05, 4.69) is 14.7 Å². The van der Waals surface area contributed by atoms with Crippen molar-refractivity contribution in [3.63, 3.8) is 0 Å². The van der Waals surface area contributed by atoms with Gasteiger partial charge >= 0.3 is 0 Å². The standard InChI is InChI=1S/C13H21N5O3S/c1-22(20,21)17-8-12(19)18-6-2-3-10(9-18)7-11-13(14)16-5-4-15-11/h4-5,10,17H,2-3,6-9H2,1H3,(H2,14,16). The summed E-state index contributed by atoms with van der Waals surface area (Å²) in [6.45, 7) is 1.04. The van der Waals surface area contributed by atoms with Crippen molar-refractivity contribution < 1.29 is 13.2 Å². The van der Waals surface area contributed by atoms with E-state index in [4.69, 9.17) is 5.73 Å². The maximum absolute atomic E-state index is 12.1. The summed E-state index contributed by atoms with van der Waals surface area (Å²) in [5.74, 6) is 0.474. The molecule has 1 aromatic rings. The maximum atomic E-state index is 12.1. The van der Waals surface area contributed by atoms with E-state index in [-0.39, 0.29) is 18.4 Å². The second-order valence-electron chi connectivity index (χ2n) is 5.53. The molecule has 2 rings (SSSR count). The van der Waals surface area contributed by atoms with Crippen LogP contribution in [-0.4, -0.2) is 55.1 Å². The lowest BCUT2D eigenvalue weighted by atomic mass is 9.93. The van der Waals surface area contributed by atoms with E-state index < -0.39 is 10.0 Å². The summed E-state index contributed by atoms with van der Waals surface area (Å²) < 4.78 is 24.3. The Morgan fingerprint density at radius 1 is 1.45 bits per heavy atom. The molecule has 22 heavy (non-hydrogen) atoms. The Morgan fingerprint density at radius 3 is 2.86 bits per heavy atom. The van der Waals surface area contributed by atoms with Crippen LogP contribution in [0.4, 0.5) is 5.82 Å². The lowest BCUT2D eigenvalue weighted by Crippen LogP contribution is -2.45. The van der Waals surface area contributed by atoms with Crippen LogP contribution in [0.15, 0.2) is 12.4 Å². The molecule has 1 aliphatic rings. The molecule has 1 atom stereocenters. The van der Waals surface area contributed by atoms with E-state index in [0.29, 0.717) is 25.3 Å². The third-order valence-corrected chi connectivity index (χ3v) is 4.31. The highest BCUT2D eigenvalue weighted by Crippen LogP contribution is 2.21. The number of carbonyl (C=O) groups is 1. The number of carbonyl (C=O) groups excluding carboxylic acids is 1. The molecule has 1 amide bonds. The van der Waals surface area contributed by atoms with Gasteiger partial charge < -0.3 is 10.6 Å². The van der Waals surface area contributed by atoms with Crippen LogP contribution < -0.4 is 10.5 Å². The van der Waals surface area contributed by atoms with Crippen molar-refractivity contribution >= 4 is 21.7 Å². The van der Waals surface area contributed by atoms with Crippen LogP contribution in [0.2, 0.25) is 0 Å². The minimum atomic E-state index is -3.36. The molecule has 0 aliphatic carbocycles. The molecule has 0 spiro atoms. The molecule has 2 heterocycles. The van der Waals surface area contributed by atoms with Crippen LogP contribution in [-0.2, 0) is 21.2 Å². The molecule has 3 N–H and O–H groups in total. The van der Waals surface area contributed by atoms with Crippen LogP contribution in [0.5, 0.6) is 0 Å². The topological polar surface area (TPSA) is 118 Å². The lowest BCUT2D eigenvalue weighted by Gasteiger charge is -2.32. The van der Waals surface area contributed by atoms with Gasteiger partial charge in [0.25, 0.3) is 0 Å². The van der Waals surface area contributed by atoms with Crippen LogP contribution in [0, 0.1) is 5.92 Å². The molecule has 0 bridgehead atoms. The molecule has 0 saturated carbocycles. The number of hydrogen-bond acceptors (Lipinski definition) is 6. The van der Waals surface area contributed by atoms with Crippen molar-refractivity contribution in [1.82, 2.24) is 19.6 Å². The Hall–Kier alpha value is -1.74. The predicted molar refractivity (Wildman–Crippen MR) is 82.3 cm³/mol. The fraction of sp³-hybridized carbons (Fsp3) is 0.615. The molecule has 1 aromatic heterocycles. The van der Waals surface area contributed by atoms with Gasteiger partial charge in [-0.15, -0.1) is 0 Å². The van der Waals surface area contributed by atoms with Crippen LogP contribution in [0.25, 0.3) is 0 Å². The van der Waals surface area contributed by atoms with Gasteiger partial charge in [-0.1, -0.05) is 0 Å². The Labute approximate surface area is 130 Å². The number of hydrogen-bond donors (Lipinski definition) is 2. The first-order valence-corrected chi connectivity index (χ1v) is 9.02. The zero-order valence-electron chi connectivity index (χ0n) is 12.5. The highest BCUT2D eigenvalue weighted by molar-refractivity contribution is 7.88. The van der Waals surface area contributed by atoms with E-state index in [9.17, 15) is 13.2 Å². The molecule has 1 fully saturated rings. The van der Waals surface area contributed by atoms with Crippen molar-refractivity contribution in [2.24, 2.45) is 5.92 Å². The van der Waals surface area contributed by atoms with Gasteiger partial charge in [-0.05, 0) is 25.2 Å². The molecule has 1 unspecified atom stereocenters. The van der Waals surface area contributed by atoms with Crippen molar-refractivity contribution in [2.45, 2.75) is 19.3 Å². The lowest BCUT2D eigenvalue weighted by molar-refractivity contribution is -0.131. The number of nitrogen functional groups attached to an aromatic ring is 1. The van der Waals surface area contributed by atoms with Gasteiger partial charge in [0.15, 0.2) is 0 Å². The highest BCUT2D eigenvalue weighted by atomic mass is 32.2. The maximum Gasteiger partial charge on any atom is 0.237 e. The number of anilines is 1. The molecule has 8 nitrogen and oxygen atoms in total. The average molecular weight is 327 g/mol. The van der Waals surface area contributed by atoms with Crippen molar-refractivity contribution in [3.8, 4) is 0 Å². The zero-order valence-corrected chi connectivity index (χ0v) is 13.3. The second kappa shape index (κ2) is 7.01. The normalized spacial score (nSPS) is 19.1. The summed E-state index contributed by atoms with van der Waals surface area (Å²) >= 11 is 0. The van der Waals surface area contributed by atoms with Crippen LogP contribution >= 0.6 is 0 Å². The number of nitrogens with one attached hydrogen (secondary N) is 1. The number of sulfonamides is 1. The smallest absolute Gasteiger partial charge is 0.237 e. The number of rotatable bonds is 5. The molecule has 1 saturated heterocycles. The van der Waals surface area contributed by atoms with Gasteiger partial charge in [0.1, 0.15) is 5.82 Å². The van der Waals surface area contributed by atoms with Gasteiger partial charge in [-0.25, -0.2) is 18.1 Å². The summed E-state index contributed by atoms with van der Waals surface area (Å²) in [6.07, 6.45) is 6.73. The molecule has 1 aliphatic heterocycles. The minimum Gasteiger partial charge on any atom is -0.382 e. The molecule has 122 valence electrons. The SMILES string of the molecule is CS(=O)(=O)NCC(=O)N1CCCC(Cc2nccnc2N)C1. The Balaban J connectivity index is 1.91. The first-order chi connectivity index (χ1) is 10.3. The monoisotopic (exact) mass is 327 g/mol. The molecule has 9 heteroatoms. The first kappa shape index (κ1) is 16.6. The third kappa shape index (κ3) is 4.92. The van der Waals surface area contributed by atoms with Gasteiger partial charge in [-0.3, -0.25) is 9.78 Å². The van der Waals surface area contributed by atoms with Gasteiger partial charge in [0.05, 0.1) is 18.5 Å². The quantitative estimate of drug-likeness (QED) is 0.745. The molecule has 0 aromatic carbocycles. The Morgan fingerprint density at radius 2 is 2.18 bits per heavy atom. The summed E-state index contributed by atoms with van der Waals surface area (Å²) in [5.41, 5.74) is 6.54. The fourth-order valence-electron chi connectivity index (χ4n) is 2.57. The van der Waals surface area contributed by atoms with Crippen molar-refractivity contribution in [3.05, 3.63) is 18.1 Å². The summed E-state index contributed by atoms with van der Waals surface area (Å²) in [6, 6.07) is 0. The number of amides is 1. The average Bonchev–Trinajstić information content (AvgIpc) is 2.47. The van der Waals surface area contributed by atoms with Crippen LogP contribution in [0.3, 0.4) is 0 Å². The van der Waals surface area contributed by atoms with E-state index in [0.717, 1.165) is 24.8 Å².